The lowest BCUT2D eigenvalue weighted by Gasteiger charge is -2.38. The highest BCUT2D eigenvalue weighted by molar-refractivity contribution is 5.92. The number of amides is 1. The Balaban J connectivity index is 1.58. The summed E-state index contributed by atoms with van der Waals surface area (Å²) in [5.74, 6) is 0.985. The minimum absolute atomic E-state index is 0.119. The number of hydrogen-bond donors (Lipinski definition) is 2. The summed E-state index contributed by atoms with van der Waals surface area (Å²) in [5.41, 5.74) is 1.12. The third-order valence-electron chi connectivity index (χ3n) is 4.89. The van der Waals surface area contributed by atoms with Gasteiger partial charge in [-0.3, -0.25) is 14.3 Å². The van der Waals surface area contributed by atoms with Gasteiger partial charge in [-0.25, -0.2) is 4.98 Å². The molecular formula is C19H20N6O3. The van der Waals surface area contributed by atoms with Crippen molar-refractivity contribution in [3.63, 3.8) is 0 Å². The maximum Gasteiger partial charge on any atom is 0.270 e. The third kappa shape index (κ3) is 3.70. The van der Waals surface area contributed by atoms with Gasteiger partial charge in [0.1, 0.15) is 29.9 Å². The van der Waals surface area contributed by atoms with Gasteiger partial charge in [-0.05, 0) is 42.5 Å². The number of nitrogens with one attached hydrogen (secondary N) is 1. The Kier molecular flexibility index (Phi) is 4.98. The minimum Gasteiger partial charge on any atom is -0.495 e. The van der Waals surface area contributed by atoms with Crippen LogP contribution in [0.4, 0.5) is 0 Å². The number of rotatable bonds is 6. The minimum atomic E-state index is -0.335. The predicted octanol–water partition coefficient (Wildman–Crippen LogP) is 1.31. The number of carbonyl (C=O) groups excluding carboxylic acids is 1. The van der Waals surface area contributed by atoms with Crippen LogP contribution >= 0.6 is 0 Å². The topological polar surface area (TPSA) is 115 Å². The molecule has 0 saturated heterocycles. The van der Waals surface area contributed by atoms with Gasteiger partial charge in [0, 0.05) is 6.20 Å². The second-order valence-corrected chi connectivity index (χ2v) is 6.74. The third-order valence-corrected chi connectivity index (χ3v) is 4.89. The van der Waals surface area contributed by atoms with Crippen molar-refractivity contribution in [3.8, 4) is 11.6 Å². The lowest BCUT2D eigenvalue weighted by molar-refractivity contribution is 0.0234. The van der Waals surface area contributed by atoms with Gasteiger partial charge in [0.25, 0.3) is 5.91 Å². The van der Waals surface area contributed by atoms with Gasteiger partial charge < -0.3 is 15.2 Å². The number of hydrogen-bond acceptors (Lipinski definition) is 7. The molecule has 1 amide bonds. The lowest BCUT2D eigenvalue weighted by atomic mass is 9.75. The molecule has 0 aromatic carbocycles. The predicted molar refractivity (Wildman–Crippen MR) is 98.9 cm³/mol. The first kappa shape index (κ1) is 18.1. The molecule has 9 nitrogen and oxygen atoms in total. The summed E-state index contributed by atoms with van der Waals surface area (Å²) < 4.78 is 6.88. The lowest BCUT2D eigenvalue weighted by Crippen LogP contribution is -2.41. The van der Waals surface area contributed by atoms with Crippen LogP contribution in [0.3, 0.4) is 0 Å². The van der Waals surface area contributed by atoms with Gasteiger partial charge in [-0.15, -0.1) is 10.2 Å². The van der Waals surface area contributed by atoms with Crippen molar-refractivity contribution < 1.29 is 14.6 Å². The molecule has 3 heterocycles. The molecule has 144 valence electrons. The summed E-state index contributed by atoms with van der Waals surface area (Å²) in [4.78, 5) is 21.5. The highest BCUT2D eigenvalue weighted by Crippen LogP contribution is 2.38. The Morgan fingerprint density at radius 3 is 2.79 bits per heavy atom. The zero-order valence-electron chi connectivity index (χ0n) is 15.3. The van der Waals surface area contributed by atoms with Gasteiger partial charge in [0.2, 0.25) is 0 Å². The highest BCUT2D eigenvalue weighted by Gasteiger charge is 2.36. The molecule has 0 unspecified atom stereocenters. The molecule has 1 aliphatic rings. The van der Waals surface area contributed by atoms with Crippen molar-refractivity contribution in [2.24, 2.45) is 5.92 Å². The van der Waals surface area contributed by atoms with Gasteiger partial charge in [-0.1, -0.05) is 6.07 Å². The molecule has 1 aliphatic carbocycles. The molecule has 3 aromatic rings. The maximum atomic E-state index is 12.9. The van der Waals surface area contributed by atoms with Crippen LogP contribution in [0.1, 0.15) is 34.9 Å². The summed E-state index contributed by atoms with van der Waals surface area (Å²) in [6.45, 7) is 0. The van der Waals surface area contributed by atoms with E-state index in [9.17, 15) is 9.90 Å². The van der Waals surface area contributed by atoms with E-state index in [1.54, 1.807) is 42.3 Å². The Morgan fingerprint density at radius 2 is 2.07 bits per heavy atom. The van der Waals surface area contributed by atoms with E-state index in [4.69, 9.17) is 4.74 Å². The van der Waals surface area contributed by atoms with E-state index in [1.165, 1.54) is 12.7 Å². The largest absolute Gasteiger partial charge is 0.495 e. The van der Waals surface area contributed by atoms with E-state index in [-0.39, 0.29) is 29.7 Å². The van der Waals surface area contributed by atoms with Crippen LogP contribution in [-0.2, 0) is 0 Å². The average Bonchev–Trinajstić information content (AvgIpc) is 3.25. The van der Waals surface area contributed by atoms with Crippen molar-refractivity contribution in [2.45, 2.75) is 25.0 Å². The molecule has 1 saturated carbocycles. The summed E-state index contributed by atoms with van der Waals surface area (Å²) in [5, 5.41) is 20.3. The molecule has 1 atom stereocenters. The molecule has 0 bridgehead atoms. The number of carbonyl (C=O) groups is 1. The Morgan fingerprint density at radius 1 is 1.29 bits per heavy atom. The van der Waals surface area contributed by atoms with Crippen LogP contribution in [-0.4, -0.2) is 49.0 Å². The zero-order valence-corrected chi connectivity index (χ0v) is 15.3. The van der Waals surface area contributed by atoms with Crippen molar-refractivity contribution in [1.29, 1.82) is 0 Å². The Hall–Kier alpha value is -3.33. The van der Waals surface area contributed by atoms with Crippen LogP contribution in [0.15, 0.2) is 49.3 Å². The van der Waals surface area contributed by atoms with Gasteiger partial charge >= 0.3 is 0 Å². The fraction of sp³-hybridized carbons (Fsp3) is 0.316. The van der Waals surface area contributed by atoms with Gasteiger partial charge in [0.05, 0.1) is 25.5 Å². The molecule has 2 N–H and O–H groups in total. The fourth-order valence-electron chi connectivity index (χ4n) is 3.32. The number of pyridine rings is 2. The zero-order chi connectivity index (χ0) is 19.5. The molecule has 0 aliphatic heterocycles. The number of aliphatic hydroxyl groups excluding tert-OH is 1. The molecule has 1 fully saturated rings. The quantitative estimate of drug-likeness (QED) is 0.662. The number of nitrogens with zero attached hydrogens (tertiary/aromatic N) is 5. The number of aromatic nitrogens is 5. The fourth-order valence-corrected chi connectivity index (χ4v) is 3.32. The second-order valence-electron chi connectivity index (χ2n) is 6.74. The molecule has 28 heavy (non-hydrogen) atoms. The van der Waals surface area contributed by atoms with Crippen LogP contribution in [0.25, 0.3) is 5.82 Å². The van der Waals surface area contributed by atoms with Crippen LogP contribution in [0.5, 0.6) is 5.75 Å². The summed E-state index contributed by atoms with van der Waals surface area (Å²) in [7, 11) is 1.57. The molecule has 3 aromatic heterocycles. The first-order chi connectivity index (χ1) is 13.6. The van der Waals surface area contributed by atoms with Crippen LogP contribution < -0.4 is 10.1 Å². The Labute approximate surface area is 161 Å². The second kappa shape index (κ2) is 7.73. The van der Waals surface area contributed by atoms with E-state index in [1.807, 2.05) is 6.07 Å². The van der Waals surface area contributed by atoms with Crippen molar-refractivity contribution in [3.05, 3.63) is 60.6 Å². The molecule has 9 heteroatoms. The number of ether oxygens (including phenoxy) is 1. The van der Waals surface area contributed by atoms with E-state index in [2.05, 4.69) is 25.5 Å². The first-order valence-corrected chi connectivity index (χ1v) is 8.94. The molecule has 4 rings (SSSR count). The normalized spacial score (nSPS) is 19.5. The van der Waals surface area contributed by atoms with E-state index >= 15 is 0 Å². The number of aliphatic hydroxyl groups is 1. The SMILES string of the molecule is COc1cncc([C@@H](NC(=O)c2cccc(-n3cnnc3)n2)C2CC(O)C2)c1. The standard InChI is InChI=1S/C19H20N6O3/c1-28-15-7-13(8-20-9-15)18(12-5-14(26)6-12)24-19(27)16-3-2-4-17(23-16)25-10-21-22-11-25/h2-4,7-12,14,18,26H,5-6H2,1H3,(H,24,27)/t12?,14?,18-/m0/s1. The van der Waals surface area contributed by atoms with E-state index < -0.39 is 0 Å². The van der Waals surface area contributed by atoms with Crippen molar-refractivity contribution >= 4 is 5.91 Å². The van der Waals surface area contributed by atoms with Crippen molar-refractivity contribution in [1.82, 2.24) is 30.0 Å². The van der Waals surface area contributed by atoms with Crippen LogP contribution in [0, 0.1) is 5.92 Å². The van der Waals surface area contributed by atoms with Crippen LogP contribution in [0.2, 0.25) is 0 Å². The average molecular weight is 380 g/mol. The van der Waals surface area contributed by atoms with Crippen molar-refractivity contribution in [2.75, 3.05) is 7.11 Å². The van der Waals surface area contributed by atoms with E-state index in [0.29, 0.717) is 24.4 Å². The first-order valence-electron chi connectivity index (χ1n) is 8.94. The van der Waals surface area contributed by atoms with Gasteiger partial charge in [-0.2, -0.15) is 0 Å². The summed E-state index contributed by atoms with van der Waals surface area (Å²) in [6.07, 6.45) is 7.27. The molecule has 0 radical (unpaired) electrons. The smallest absolute Gasteiger partial charge is 0.270 e. The maximum absolute atomic E-state index is 12.9. The highest BCUT2D eigenvalue weighted by atomic mass is 16.5. The van der Waals surface area contributed by atoms with Gasteiger partial charge in [0.15, 0.2) is 0 Å². The Bertz CT molecular complexity index is 956. The monoisotopic (exact) mass is 380 g/mol. The van der Waals surface area contributed by atoms with E-state index in [0.717, 1.165) is 5.56 Å². The summed E-state index contributed by atoms with van der Waals surface area (Å²) in [6, 6.07) is 6.74. The number of methoxy groups -OCH3 is 1. The summed E-state index contributed by atoms with van der Waals surface area (Å²) >= 11 is 0. The molecular weight excluding hydrogens is 360 g/mol. The molecule has 0 spiro atoms.